The Labute approximate surface area is 135 Å². The molecule has 1 saturated carbocycles. The van der Waals surface area contributed by atoms with Crippen molar-refractivity contribution in [3.8, 4) is 5.75 Å². The van der Waals surface area contributed by atoms with Crippen molar-refractivity contribution >= 4 is 6.03 Å². The van der Waals surface area contributed by atoms with Gasteiger partial charge in [-0.3, -0.25) is 0 Å². The van der Waals surface area contributed by atoms with E-state index < -0.39 is 5.82 Å². The van der Waals surface area contributed by atoms with Gasteiger partial charge in [0.25, 0.3) is 0 Å². The lowest BCUT2D eigenvalue weighted by atomic mass is 9.99. The molecule has 0 aromatic heterocycles. The third-order valence-corrected chi connectivity index (χ3v) is 4.81. The molecule has 1 aliphatic heterocycles. The number of amides is 2. The molecule has 0 saturated heterocycles. The average molecular weight is 322 g/mol. The van der Waals surface area contributed by atoms with Crippen molar-refractivity contribution in [2.45, 2.75) is 44.2 Å². The molecule has 3 N–H and O–H groups in total. The number of carbonyl (C=O) groups excluding carboxylic acids is 1. The zero-order valence-corrected chi connectivity index (χ0v) is 13.1. The molecule has 3 rings (SSSR count). The molecule has 2 amide bonds. The van der Waals surface area contributed by atoms with Crippen LogP contribution in [0.4, 0.5) is 9.18 Å². The van der Waals surface area contributed by atoms with Crippen molar-refractivity contribution < 1.29 is 19.0 Å². The summed E-state index contributed by atoms with van der Waals surface area (Å²) in [6, 6.07) is 4.40. The van der Waals surface area contributed by atoms with Crippen molar-refractivity contribution in [1.82, 2.24) is 10.6 Å². The number of fused-ring (bicyclic) bond motifs is 1. The van der Waals surface area contributed by atoms with Gasteiger partial charge in [0.2, 0.25) is 0 Å². The van der Waals surface area contributed by atoms with Gasteiger partial charge in [-0.05, 0) is 31.2 Å². The normalized spacial score (nSPS) is 26.3. The fourth-order valence-electron chi connectivity index (χ4n) is 3.64. The minimum atomic E-state index is -0.395. The van der Waals surface area contributed by atoms with Crippen LogP contribution in [0.15, 0.2) is 18.2 Å². The maximum absolute atomic E-state index is 13.8. The van der Waals surface area contributed by atoms with Crippen molar-refractivity contribution in [2.24, 2.45) is 5.92 Å². The summed E-state index contributed by atoms with van der Waals surface area (Å²) in [5.41, 5.74) is 0.685. The number of rotatable bonds is 4. The van der Waals surface area contributed by atoms with E-state index in [1.807, 2.05) is 0 Å². The molecule has 0 spiro atoms. The van der Waals surface area contributed by atoms with E-state index in [0.717, 1.165) is 25.7 Å². The predicted molar refractivity (Wildman–Crippen MR) is 83.8 cm³/mol. The third kappa shape index (κ3) is 3.58. The average Bonchev–Trinajstić information content (AvgIpc) is 2.96. The molecule has 6 heteroatoms. The second-order valence-electron chi connectivity index (χ2n) is 6.28. The number of aliphatic hydroxyl groups excluding tert-OH is 1. The predicted octanol–water partition coefficient (Wildman–Crippen LogP) is 2.50. The smallest absolute Gasteiger partial charge is 0.315 e. The summed E-state index contributed by atoms with van der Waals surface area (Å²) < 4.78 is 19.1. The number of urea groups is 1. The van der Waals surface area contributed by atoms with Gasteiger partial charge in [0, 0.05) is 24.6 Å². The van der Waals surface area contributed by atoms with Gasteiger partial charge in [0.15, 0.2) is 11.6 Å². The number of aliphatic hydroxyl groups is 1. The van der Waals surface area contributed by atoms with Crippen LogP contribution in [-0.2, 0) is 0 Å². The summed E-state index contributed by atoms with van der Waals surface area (Å²) in [5, 5.41) is 15.0. The van der Waals surface area contributed by atoms with Crippen LogP contribution >= 0.6 is 0 Å². The molecule has 23 heavy (non-hydrogen) atoms. The Morgan fingerprint density at radius 1 is 1.30 bits per heavy atom. The third-order valence-electron chi connectivity index (χ3n) is 4.81. The highest BCUT2D eigenvalue weighted by atomic mass is 19.1. The van der Waals surface area contributed by atoms with Gasteiger partial charge in [-0.1, -0.05) is 18.6 Å². The first kappa shape index (κ1) is 16.1. The van der Waals surface area contributed by atoms with Gasteiger partial charge in [-0.15, -0.1) is 0 Å². The molecule has 3 atom stereocenters. The van der Waals surface area contributed by atoms with E-state index in [1.54, 1.807) is 12.1 Å². The zero-order valence-electron chi connectivity index (χ0n) is 13.1. The maximum Gasteiger partial charge on any atom is 0.315 e. The number of hydrogen-bond donors (Lipinski definition) is 3. The Morgan fingerprint density at radius 2 is 2.17 bits per heavy atom. The molecule has 1 aliphatic carbocycles. The molecular formula is C17H23FN2O3. The summed E-state index contributed by atoms with van der Waals surface area (Å²) in [4.78, 5) is 12.3. The van der Waals surface area contributed by atoms with E-state index >= 15 is 0 Å². The number of benzene rings is 1. The quantitative estimate of drug-likeness (QED) is 0.797. The van der Waals surface area contributed by atoms with Crippen molar-refractivity contribution in [2.75, 3.05) is 13.2 Å². The van der Waals surface area contributed by atoms with E-state index in [2.05, 4.69) is 10.6 Å². The highest BCUT2D eigenvalue weighted by Gasteiger charge is 2.30. The zero-order chi connectivity index (χ0) is 16.2. The number of carbonyl (C=O) groups is 1. The van der Waals surface area contributed by atoms with Crippen LogP contribution in [0.5, 0.6) is 5.75 Å². The summed E-state index contributed by atoms with van der Waals surface area (Å²) in [5.74, 6) is 0.182. The second-order valence-corrected chi connectivity index (χ2v) is 6.28. The number of hydrogen-bond acceptors (Lipinski definition) is 3. The monoisotopic (exact) mass is 322 g/mol. The van der Waals surface area contributed by atoms with Crippen LogP contribution in [0, 0.1) is 11.7 Å². The Kier molecular flexibility index (Phi) is 5.00. The van der Waals surface area contributed by atoms with Gasteiger partial charge in [-0.2, -0.15) is 0 Å². The van der Waals surface area contributed by atoms with Crippen LogP contribution in [0.25, 0.3) is 0 Å². The molecule has 0 radical (unpaired) electrons. The first-order chi connectivity index (χ1) is 11.2. The number of ether oxygens (including phenoxy) is 1. The van der Waals surface area contributed by atoms with Crippen LogP contribution < -0.4 is 15.4 Å². The first-order valence-electron chi connectivity index (χ1n) is 8.28. The number of nitrogens with one attached hydrogen (secondary N) is 2. The highest BCUT2D eigenvalue weighted by molar-refractivity contribution is 5.75. The van der Waals surface area contributed by atoms with Crippen LogP contribution in [0.1, 0.15) is 43.7 Å². The molecular weight excluding hydrogens is 299 g/mol. The van der Waals surface area contributed by atoms with E-state index in [1.165, 1.54) is 6.07 Å². The molecule has 0 bridgehead atoms. The van der Waals surface area contributed by atoms with Crippen LogP contribution in [0.2, 0.25) is 0 Å². The highest BCUT2D eigenvalue weighted by Crippen LogP contribution is 2.34. The Morgan fingerprint density at radius 3 is 3.00 bits per heavy atom. The second kappa shape index (κ2) is 7.17. The van der Waals surface area contributed by atoms with E-state index in [0.29, 0.717) is 24.5 Å². The van der Waals surface area contributed by atoms with E-state index in [-0.39, 0.29) is 30.5 Å². The molecule has 1 fully saturated rings. The molecule has 2 aliphatic rings. The molecule has 1 heterocycles. The Bertz CT molecular complexity index is 567. The maximum atomic E-state index is 13.8. The summed E-state index contributed by atoms with van der Waals surface area (Å²) in [7, 11) is 0. The van der Waals surface area contributed by atoms with Crippen molar-refractivity contribution in [3.05, 3.63) is 29.6 Å². The van der Waals surface area contributed by atoms with Crippen molar-refractivity contribution in [3.63, 3.8) is 0 Å². The topological polar surface area (TPSA) is 70.6 Å². The fraction of sp³-hybridized carbons (Fsp3) is 0.588. The minimum absolute atomic E-state index is 0.106. The van der Waals surface area contributed by atoms with E-state index in [9.17, 15) is 9.18 Å². The molecule has 1 aromatic rings. The first-order valence-corrected chi connectivity index (χ1v) is 8.28. The van der Waals surface area contributed by atoms with Crippen LogP contribution in [0.3, 0.4) is 0 Å². The van der Waals surface area contributed by atoms with Gasteiger partial charge < -0.3 is 20.5 Å². The van der Waals surface area contributed by atoms with Gasteiger partial charge in [0.05, 0.1) is 12.6 Å². The van der Waals surface area contributed by atoms with Crippen LogP contribution in [-0.4, -0.2) is 30.4 Å². The molecule has 126 valence electrons. The molecule has 1 aromatic carbocycles. The summed E-state index contributed by atoms with van der Waals surface area (Å²) in [6.07, 6.45) is 4.39. The number of para-hydroxylation sites is 1. The van der Waals surface area contributed by atoms with Gasteiger partial charge in [0.1, 0.15) is 0 Å². The lowest BCUT2D eigenvalue weighted by Crippen LogP contribution is -2.45. The molecule has 0 unspecified atom stereocenters. The van der Waals surface area contributed by atoms with Gasteiger partial charge >= 0.3 is 6.03 Å². The lowest BCUT2D eigenvalue weighted by molar-refractivity contribution is 0.209. The Balaban J connectivity index is 1.62. The van der Waals surface area contributed by atoms with Gasteiger partial charge in [-0.25, -0.2) is 9.18 Å². The largest absolute Gasteiger partial charge is 0.490 e. The minimum Gasteiger partial charge on any atom is -0.490 e. The number of halogens is 1. The SMILES string of the molecule is O=C(N[C@H]1CCOc2c(F)cccc21)N[C@H]1CCC[C@@H]1CCO. The lowest BCUT2D eigenvalue weighted by Gasteiger charge is -2.28. The Hall–Kier alpha value is -1.82. The standard InChI is InChI=1S/C17H23FN2O3/c18-13-5-2-4-12-15(8-10-23-16(12)13)20-17(22)19-14-6-1-3-11(14)7-9-21/h2,4-5,11,14-15,21H,1,3,6-10H2,(H2,19,20,22)/t11-,14+,15+/m1/s1. The molecule has 5 nitrogen and oxygen atoms in total. The summed E-state index contributed by atoms with van der Waals surface area (Å²) in [6.45, 7) is 0.534. The van der Waals surface area contributed by atoms with Crippen molar-refractivity contribution in [1.29, 1.82) is 0 Å². The fourth-order valence-corrected chi connectivity index (χ4v) is 3.64. The van der Waals surface area contributed by atoms with E-state index in [4.69, 9.17) is 9.84 Å². The summed E-state index contributed by atoms with van der Waals surface area (Å²) >= 11 is 0.